The van der Waals surface area contributed by atoms with Gasteiger partial charge in [-0.15, -0.1) is 6.58 Å². The minimum Gasteiger partial charge on any atom is -0.396 e. The molecule has 2 nitrogen and oxygen atoms in total. The molecular formula is C20H34O2. The van der Waals surface area contributed by atoms with Gasteiger partial charge in [-0.25, -0.2) is 0 Å². The van der Waals surface area contributed by atoms with Crippen molar-refractivity contribution in [3.63, 3.8) is 0 Å². The first kappa shape index (κ1) is 16.5. The molecule has 0 spiro atoms. The largest absolute Gasteiger partial charge is 0.396 e. The summed E-state index contributed by atoms with van der Waals surface area (Å²) in [5, 5.41) is 10.0. The molecular weight excluding hydrogens is 272 g/mol. The van der Waals surface area contributed by atoms with E-state index in [-0.39, 0.29) is 16.6 Å². The summed E-state index contributed by atoms with van der Waals surface area (Å²) < 4.78 is 6.65. The van der Waals surface area contributed by atoms with Gasteiger partial charge in [-0.1, -0.05) is 26.3 Å². The standard InChI is InChI=1S/C20H34O2/c1-6-18(3)12-8-16-19(4)11-7-10-17(2,14-21)15(19)9-13-20(16,5)22-18/h6,15-16,21H,1,7-14H2,2-5H3/t15?,16?,17-,18-,19-,20+/m0/s1. The molecule has 2 heteroatoms. The minimum absolute atomic E-state index is 0.0276. The van der Waals surface area contributed by atoms with Gasteiger partial charge in [0, 0.05) is 6.61 Å². The molecule has 1 aliphatic heterocycles. The van der Waals surface area contributed by atoms with E-state index in [4.69, 9.17) is 4.74 Å². The molecule has 0 aromatic carbocycles. The van der Waals surface area contributed by atoms with E-state index in [9.17, 15) is 5.11 Å². The lowest BCUT2D eigenvalue weighted by molar-refractivity contribution is -0.256. The van der Waals surface area contributed by atoms with Gasteiger partial charge in [0.25, 0.3) is 0 Å². The summed E-state index contributed by atoms with van der Waals surface area (Å²) in [5.41, 5.74) is 0.224. The number of aliphatic hydroxyl groups is 1. The van der Waals surface area contributed by atoms with Crippen LogP contribution in [-0.2, 0) is 4.74 Å². The van der Waals surface area contributed by atoms with Crippen molar-refractivity contribution in [2.75, 3.05) is 6.61 Å². The van der Waals surface area contributed by atoms with E-state index in [1.54, 1.807) is 0 Å². The fraction of sp³-hybridized carbons (Fsp3) is 0.900. The maximum absolute atomic E-state index is 10.0. The lowest BCUT2D eigenvalue weighted by Gasteiger charge is -2.65. The van der Waals surface area contributed by atoms with Crippen molar-refractivity contribution in [3.05, 3.63) is 12.7 Å². The second-order valence-corrected chi connectivity index (χ2v) is 9.29. The van der Waals surface area contributed by atoms with Gasteiger partial charge >= 0.3 is 0 Å². The Balaban J connectivity index is 1.94. The van der Waals surface area contributed by atoms with E-state index in [2.05, 4.69) is 34.3 Å². The summed E-state index contributed by atoms with van der Waals surface area (Å²) >= 11 is 0. The van der Waals surface area contributed by atoms with E-state index in [0.29, 0.717) is 23.9 Å². The van der Waals surface area contributed by atoms with Gasteiger partial charge in [-0.3, -0.25) is 0 Å². The molecule has 1 heterocycles. The molecule has 126 valence electrons. The lowest BCUT2D eigenvalue weighted by Crippen LogP contribution is -2.63. The molecule has 2 saturated carbocycles. The van der Waals surface area contributed by atoms with Gasteiger partial charge in [-0.05, 0) is 75.0 Å². The SMILES string of the molecule is C=C[C@@]1(C)CCC2[C@@]3(C)CCC[C@@](C)(CO)C3CC[C@@]2(C)O1. The first-order chi connectivity index (χ1) is 10.2. The summed E-state index contributed by atoms with van der Waals surface area (Å²) in [6.45, 7) is 13.7. The minimum atomic E-state index is -0.163. The predicted molar refractivity (Wildman–Crippen MR) is 90.7 cm³/mol. The van der Waals surface area contributed by atoms with Crippen molar-refractivity contribution >= 4 is 0 Å². The molecule has 22 heavy (non-hydrogen) atoms. The maximum atomic E-state index is 10.0. The number of hydrogen-bond acceptors (Lipinski definition) is 2. The Kier molecular flexibility index (Phi) is 3.81. The monoisotopic (exact) mass is 306 g/mol. The van der Waals surface area contributed by atoms with Gasteiger partial charge in [-0.2, -0.15) is 0 Å². The molecule has 0 radical (unpaired) electrons. The highest BCUT2D eigenvalue weighted by atomic mass is 16.5. The summed E-state index contributed by atoms with van der Waals surface area (Å²) in [4.78, 5) is 0. The van der Waals surface area contributed by atoms with Crippen LogP contribution in [0.4, 0.5) is 0 Å². The number of rotatable bonds is 2. The Hall–Kier alpha value is -0.340. The van der Waals surface area contributed by atoms with E-state index in [0.717, 1.165) is 12.8 Å². The third kappa shape index (κ3) is 2.21. The predicted octanol–water partition coefficient (Wildman–Crippen LogP) is 4.72. The molecule has 0 amide bonds. The highest BCUT2D eigenvalue weighted by Crippen LogP contribution is 2.65. The Morgan fingerprint density at radius 3 is 2.36 bits per heavy atom. The van der Waals surface area contributed by atoms with Crippen LogP contribution in [0.15, 0.2) is 12.7 Å². The van der Waals surface area contributed by atoms with Crippen LogP contribution in [-0.4, -0.2) is 22.9 Å². The first-order valence-electron chi connectivity index (χ1n) is 9.16. The summed E-state index contributed by atoms with van der Waals surface area (Å²) in [6.07, 6.45) is 10.3. The fourth-order valence-electron chi connectivity index (χ4n) is 6.52. The van der Waals surface area contributed by atoms with Crippen LogP contribution in [0.1, 0.15) is 72.6 Å². The van der Waals surface area contributed by atoms with Gasteiger partial charge in [0.15, 0.2) is 0 Å². The molecule has 1 saturated heterocycles. The van der Waals surface area contributed by atoms with Crippen LogP contribution >= 0.6 is 0 Å². The van der Waals surface area contributed by atoms with Crippen molar-refractivity contribution in [2.24, 2.45) is 22.7 Å². The van der Waals surface area contributed by atoms with Crippen LogP contribution in [0.3, 0.4) is 0 Å². The Bertz CT molecular complexity index is 461. The number of ether oxygens (including phenoxy) is 1. The van der Waals surface area contributed by atoms with Crippen LogP contribution in [0.5, 0.6) is 0 Å². The quantitative estimate of drug-likeness (QED) is 0.748. The van der Waals surface area contributed by atoms with Crippen LogP contribution in [0, 0.1) is 22.7 Å². The summed E-state index contributed by atoms with van der Waals surface area (Å²) in [6, 6.07) is 0. The van der Waals surface area contributed by atoms with Gasteiger partial charge < -0.3 is 9.84 Å². The molecule has 6 atom stereocenters. The number of fused-ring (bicyclic) bond motifs is 3. The van der Waals surface area contributed by atoms with Gasteiger partial charge in [0.2, 0.25) is 0 Å². The zero-order valence-electron chi connectivity index (χ0n) is 15.0. The average Bonchev–Trinajstić information content (AvgIpc) is 2.46. The second kappa shape index (κ2) is 5.08. The van der Waals surface area contributed by atoms with Crippen LogP contribution in [0.25, 0.3) is 0 Å². The van der Waals surface area contributed by atoms with E-state index in [1.807, 2.05) is 6.08 Å². The van der Waals surface area contributed by atoms with Gasteiger partial charge in [0.05, 0.1) is 11.2 Å². The zero-order chi connectivity index (χ0) is 16.2. The Morgan fingerprint density at radius 2 is 1.73 bits per heavy atom. The van der Waals surface area contributed by atoms with E-state index >= 15 is 0 Å². The summed E-state index contributed by atoms with van der Waals surface area (Å²) in [7, 11) is 0. The van der Waals surface area contributed by atoms with Crippen molar-refractivity contribution in [1.82, 2.24) is 0 Å². The molecule has 2 unspecified atom stereocenters. The zero-order valence-corrected chi connectivity index (χ0v) is 15.0. The van der Waals surface area contributed by atoms with Crippen molar-refractivity contribution in [2.45, 2.75) is 83.8 Å². The van der Waals surface area contributed by atoms with Gasteiger partial charge in [0.1, 0.15) is 0 Å². The summed E-state index contributed by atoms with van der Waals surface area (Å²) in [5.74, 6) is 1.24. The molecule has 3 rings (SSSR count). The number of hydrogen-bond donors (Lipinski definition) is 1. The van der Waals surface area contributed by atoms with E-state index in [1.165, 1.54) is 32.1 Å². The smallest absolute Gasteiger partial charge is 0.0839 e. The van der Waals surface area contributed by atoms with Crippen molar-refractivity contribution in [3.8, 4) is 0 Å². The first-order valence-corrected chi connectivity index (χ1v) is 9.16. The lowest BCUT2D eigenvalue weighted by atomic mass is 9.44. The molecule has 3 aliphatic rings. The van der Waals surface area contributed by atoms with Crippen molar-refractivity contribution < 1.29 is 9.84 Å². The van der Waals surface area contributed by atoms with Crippen LogP contribution in [0.2, 0.25) is 0 Å². The highest BCUT2D eigenvalue weighted by molar-refractivity contribution is 5.13. The Morgan fingerprint density at radius 1 is 1.05 bits per heavy atom. The second-order valence-electron chi connectivity index (χ2n) is 9.29. The third-order valence-electron chi connectivity index (χ3n) is 7.75. The molecule has 3 fully saturated rings. The molecule has 0 bridgehead atoms. The maximum Gasteiger partial charge on any atom is 0.0839 e. The Labute approximate surface area is 136 Å². The fourth-order valence-corrected chi connectivity index (χ4v) is 6.52. The molecule has 2 aliphatic carbocycles. The normalized spacial score (nSPS) is 55.1. The molecule has 0 aromatic heterocycles. The third-order valence-corrected chi connectivity index (χ3v) is 7.75. The average molecular weight is 306 g/mol. The molecule has 1 N–H and O–H groups in total. The highest BCUT2D eigenvalue weighted by Gasteiger charge is 2.61. The molecule has 0 aromatic rings. The van der Waals surface area contributed by atoms with Crippen LogP contribution < -0.4 is 0 Å². The topological polar surface area (TPSA) is 29.5 Å². The van der Waals surface area contributed by atoms with Crippen molar-refractivity contribution in [1.29, 1.82) is 0 Å². The number of aliphatic hydroxyl groups excluding tert-OH is 1. The van der Waals surface area contributed by atoms with E-state index < -0.39 is 0 Å².